The minimum atomic E-state index is -3.66. The van der Waals surface area contributed by atoms with Gasteiger partial charge in [0.1, 0.15) is 5.54 Å². The van der Waals surface area contributed by atoms with Crippen molar-refractivity contribution in [1.82, 2.24) is 9.62 Å². The molecule has 0 bridgehead atoms. The van der Waals surface area contributed by atoms with Gasteiger partial charge in [-0.2, -0.15) is 4.31 Å². The highest BCUT2D eigenvalue weighted by molar-refractivity contribution is 7.88. The van der Waals surface area contributed by atoms with Gasteiger partial charge >= 0.3 is 0 Å². The van der Waals surface area contributed by atoms with E-state index in [4.69, 9.17) is 11.6 Å². The summed E-state index contributed by atoms with van der Waals surface area (Å²) in [7, 11) is -3.66. The molecule has 3 rings (SSSR count). The number of halogens is 1. The van der Waals surface area contributed by atoms with E-state index in [0.29, 0.717) is 10.7 Å². The van der Waals surface area contributed by atoms with E-state index in [9.17, 15) is 18.0 Å². The molecule has 1 aliphatic rings. The number of hydrogen-bond donors (Lipinski definition) is 1. The number of sulfonamides is 1. The minimum absolute atomic E-state index is 0.142. The quantitative estimate of drug-likeness (QED) is 0.738. The van der Waals surface area contributed by atoms with Crippen molar-refractivity contribution in [1.29, 1.82) is 0 Å². The first-order chi connectivity index (χ1) is 14.4. The van der Waals surface area contributed by atoms with Crippen LogP contribution in [0.4, 0.5) is 5.69 Å². The fraction of sp³-hybridized carbons (Fsp3) is 0.364. The smallest absolute Gasteiger partial charge is 0.247 e. The molecule has 31 heavy (non-hydrogen) atoms. The van der Waals surface area contributed by atoms with Crippen LogP contribution in [0.2, 0.25) is 5.02 Å². The Bertz CT molecular complexity index is 1120. The summed E-state index contributed by atoms with van der Waals surface area (Å²) in [6.07, 6.45) is 1.04. The Balaban J connectivity index is 1.97. The summed E-state index contributed by atoms with van der Waals surface area (Å²) in [6, 6.07) is 12.5. The molecule has 1 atom stereocenters. The lowest BCUT2D eigenvalue weighted by molar-refractivity contribution is -0.133. The van der Waals surface area contributed by atoms with E-state index in [-0.39, 0.29) is 19.6 Å². The lowest BCUT2D eigenvalue weighted by Gasteiger charge is -2.46. The van der Waals surface area contributed by atoms with Crippen LogP contribution in [0.25, 0.3) is 0 Å². The van der Waals surface area contributed by atoms with Crippen LogP contribution < -0.4 is 10.2 Å². The Kier molecular flexibility index (Phi) is 6.45. The molecule has 1 aliphatic heterocycles. The third-order valence-electron chi connectivity index (χ3n) is 5.61. The Morgan fingerprint density at radius 3 is 2.35 bits per heavy atom. The first-order valence-electron chi connectivity index (χ1n) is 9.80. The first-order valence-corrected chi connectivity index (χ1v) is 12.0. The van der Waals surface area contributed by atoms with Gasteiger partial charge in [0.05, 0.1) is 12.8 Å². The van der Waals surface area contributed by atoms with Crippen molar-refractivity contribution in [3.05, 3.63) is 64.2 Å². The third-order valence-corrected chi connectivity index (χ3v) is 7.06. The predicted molar refractivity (Wildman–Crippen MR) is 122 cm³/mol. The number of benzene rings is 2. The summed E-state index contributed by atoms with van der Waals surface area (Å²) in [4.78, 5) is 27.9. The average Bonchev–Trinajstić information content (AvgIpc) is 2.68. The Morgan fingerprint density at radius 2 is 1.77 bits per heavy atom. The van der Waals surface area contributed by atoms with Gasteiger partial charge in [-0.25, -0.2) is 8.42 Å². The number of nitrogens with zero attached hydrogens (tertiary/aromatic N) is 2. The standard InChI is InChI=1S/C22H26ClN3O4S/c1-15-5-10-19(11-16(15)2)26-20(27)13-25(31(4,29)30)14-22(26,3)21(28)24-12-17-6-8-18(23)9-7-17/h5-11H,12-14H2,1-4H3,(H,24,28)/t22-/m1/s1. The molecule has 9 heteroatoms. The van der Waals surface area contributed by atoms with Crippen molar-refractivity contribution in [2.24, 2.45) is 0 Å². The van der Waals surface area contributed by atoms with Gasteiger partial charge in [-0.3, -0.25) is 14.5 Å². The highest BCUT2D eigenvalue weighted by atomic mass is 35.5. The van der Waals surface area contributed by atoms with E-state index in [0.717, 1.165) is 27.3 Å². The molecule has 1 saturated heterocycles. The largest absolute Gasteiger partial charge is 0.350 e. The lowest BCUT2D eigenvalue weighted by Crippen LogP contribution is -2.70. The molecule has 2 aromatic rings. The number of anilines is 1. The van der Waals surface area contributed by atoms with E-state index >= 15 is 0 Å². The van der Waals surface area contributed by atoms with Gasteiger partial charge < -0.3 is 5.32 Å². The zero-order valence-electron chi connectivity index (χ0n) is 18.0. The monoisotopic (exact) mass is 463 g/mol. The number of carbonyl (C=O) groups excluding carboxylic acids is 2. The van der Waals surface area contributed by atoms with Gasteiger partial charge in [-0.15, -0.1) is 0 Å². The van der Waals surface area contributed by atoms with E-state index in [1.54, 1.807) is 37.3 Å². The van der Waals surface area contributed by atoms with Gasteiger partial charge in [0, 0.05) is 23.8 Å². The molecule has 1 heterocycles. The lowest BCUT2D eigenvalue weighted by atomic mass is 9.93. The second-order valence-corrected chi connectivity index (χ2v) is 10.5. The van der Waals surface area contributed by atoms with Crippen LogP contribution in [0.15, 0.2) is 42.5 Å². The van der Waals surface area contributed by atoms with Crippen LogP contribution >= 0.6 is 11.6 Å². The molecule has 1 N–H and O–H groups in total. The van der Waals surface area contributed by atoms with Crippen molar-refractivity contribution in [3.63, 3.8) is 0 Å². The second kappa shape index (κ2) is 8.61. The van der Waals surface area contributed by atoms with Gasteiger partial charge in [-0.05, 0) is 61.7 Å². The van der Waals surface area contributed by atoms with Crippen LogP contribution in [0.5, 0.6) is 0 Å². The zero-order chi connectivity index (χ0) is 23.0. The normalized spacial score (nSPS) is 20.0. The number of hydrogen-bond acceptors (Lipinski definition) is 4. The molecular weight excluding hydrogens is 438 g/mol. The number of amides is 2. The van der Waals surface area contributed by atoms with Crippen LogP contribution in [0, 0.1) is 13.8 Å². The molecule has 166 valence electrons. The SMILES string of the molecule is Cc1ccc(N2C(=O)CN(S(C)(=O)=O)C[C@]2(C)C(=O)NCc2ccc(Cl)cc2)cc1C. The molecule has 0 spiro atoms. The number of aryl methyl sites for hydroxylation is 2. The highest BCUT2D eigenvalue weighted by Crippen LogP contribution is 2.31. The maximum atomic E-state index is 13.4. The topological polar surface area (TPSA) is 86.8 Å². The molecule has 0 radical (unpaired) electrons. The first kappa shape index (κ1) is 23.2. The predicted octanol–water partition coefficient (Wildman–Crippen LogP) is 2.64. The summed E-state index contributed by atoms with van der Waals surface area (Å²) in [5.74, 6) is -0.897. The van der Waals surface area contributed by atoms with Gasteiger partial charge in [0.15, 0.2) is 0 Å². The van der Waals surface area contributed by atoms with E-state index in [1.807, 2.05) is 26.0 Å². The number of rotatable bonds is 5. The fourth-order valence-electron chi connectivity index (χ4n) is 3.64. The molecule has 0 aromatic heterocycles. The Hall–Kier alpha value is -2.42. The van der Waals surface area contributed by atoms with Crippen molar-refractivity contribution < 1.29 is 18.0 Å². The van der Waals surface area contributed by atoms with Crippen molar-refractivity contribution in [2.45, 2.75) is 32.9 Å². The molecule has 2 aromatic carbocycles. The summed E-state index contributed by atoms with van der Waals surface area (Å²) in [6.45, 7) is 5.24. The van der Waals surface area contributed by atoms with E-state index in [2.05, 4.69) is 5.32 Å². The van der Waals surface area contributed by atoms with Crippen molar-refractivity contribution in [3.8, 4) is 0 Å². The van der Waals surface area contributed by atoms with Crippen molar-refractivity contribution >= 4 is 39.1 Å². The van der Waals surface area contributed by atoms with Crippen LogP contribution in [0.1, 0.15) is 23.6 Å². The summed E-state index contributed by atoms with van der Waals surface area (Å²) >= 11 is 5.91. The molecule has 7 nitrogen and oxygen atoms in total. The summed E-state index contributed by atoms with van der Waals surface area (Å²) < 4.78 is 25.5. The van der Waals surface area contributed by atoms with E-state index < -0.39 is 27.4 Å². The van der Waals surface area contributed by atoms with Crippen LogP contribution in [0.3, 0.4) is 0 Å². The van der Waals surface area contributed by atoms with E-state index in [1.165, 1.54) is 4.90 Å². The number of carbonyl (C=O) groups is 2. The Morgan fingerprint density at radius 1 is 1.13 bits per heavy atom. The zero-order valence-corrected chi connectivity index (χ0v) is 19.5. The maximum Gasteiger partial charge on any atom is 0.247 e. The highest BCUT2D eigenvalue weighted by Gasteiger charge is 2.50. The second-order valence-electron chi connectivity index (χ2n) is 8.11. The van der Waals surface area contributed by atoms with Crippen LogP contribution in [-0.2, 0) is 26.2 Å². The number of piperazine rings is 1. The molecular formula is C22H26ClN3O4S. The van der Waals surface area contributed by atoms with Crippen LogP contribution in [-0.4, -0.2) is 49.4 Å². The maximum absolute atomic E-state index is 13.4. The minimum Gasteiger partial charge on any atom is -0.350 e. The molecule has 1 fully saturated rings. The van der Waals surface area contributed by atoms with Gasteiger partial charge in [0.25, 0.3) is 0 Å². The number of nitrogens with one attached hydrogen (secondary N) is 1. The fourth-order valence-corrected chi connectivity index (χ4v) is 4.60. The molecule has 0 aliphatic carbocycles. The molecule has 2 amide bonds. The van der Waals surface area contributed by atoms with Crippen molar-refractivity contribution in [2.75, 3.05) is 24.2 Å². The van der Waals surface area contributed by atoms with Gasteiger partial charge in [-0.1, -0.05) is 29.8 Å². The third kappa shape index (κ3) is 4.92. The van der Waals surface area contributed by atoms with Gasteiger partial charge in [0.2, 0.25) is 21.8 Å². The Labute approximate surface area is 188 Å². The summed E-state index contributed by atoms with van der Waals surface area (Å²) in [5, 5.41) is 3.44. The average molecular weight is 464 g/mol. The molecule has 0 unspecified atom stereocenters. The summed E-state index contributed by atoms with van der Waals surface area (Å²) in [5.41, 5.74) is 2.00. The molecule has 0 saturated carbocycles.